The van der Waals surface area contributed by atoms with Gasteiger partial charge in [0.15, 0.2) is 23.4 Å². The fourth-order valence-electron chi connectivity index (χ4n) is 2.97. The lowest BCUT2D eigenvalue weighted by Gasteiger charge is -2.37. The van der Waals surface area contributed by atoms with E-state index >= 15 is 0 Å². The van der Waals surface area contributed by atoms with Gasteiger partial charge in [0, 0.05) is 32.7 Å². The molecule has 0 saturated carbocycles. The van der Waals surface area contributed by atoms with Gasteiger partial charge in [-0.1, -0.05) is 0 Å². The van der Waals surface area contributed by atoms with Gasteiger partial charge >= 0.3 is 0 Å². The maximum atomic E-state index is 13.7. The standard InChI is InChI=1S/C19H22F3N5OS.HI/c1-2-23-19(27-9-7-26(8-10-27)16-4-3-11-29-16)24-12-15(28)25-14-6-5-13(20)17(21)18(14)22;/h3-6,11H,2,7-10,12H2,1H3,(H,23,24)(H,25,28);1H. The first-order valence-corrected chi connectivity index (χ1v) is 10.1. The van der Waals surface area contributed by atoms with Crippen LogP contribution in [0.1, 0.15) is 6.92 Å². The van der Waals surface area contributed by atoms with Crippen LogP contribution in [0.3, 0.4) is 0 Å². The summed E-state index contributed by atoms with van der Waals surface area (Å²) in [5, 5.41) is 8.63. The molecule has 2 aromatic rings. The van der Waals surface area contributed by atoms with Crippen LogP contribution in [0, 0.1) is 17.5 Å². The Labute approximate surface area is 194 Å². The van der Waals surface area contributed by atoms with Gasteiger partial charge in [-0.05, 0) is 36.6 Å². The maximum absolute atomic E-state index is 13.7. The largest absolute Gasteiger partial charge is 0.360 e. The van der Waals surface area contributed by atoms with E-state index in [1.165, 1.54) is 5.00 Å². The van der Waals surface area contributed by atoms with Crippen molar-refractivity contribution in [2.45, 2.75) is 6.92 Å². The Bertz CT molecular complexity index is 873. The number of halogens is 4. The number of hydrogen-bond acceptors (Lipinski definition) is 4. The fourth-order valence-corrected chi connectivity index (χ4v) is 3.76. The number of piperazine rings is 1. The predicted molar refractivity (Wildman–Crippen MR) is 124 cm³/mol. The molecule has 2 N–H and O–H groups in total. The molecule has 0 spiro atoms. The lowest BCUT2D eigenvalue weighted by molar-refractivity contribution is -0.114. The highest BCUT2D eigenvalue weighted by molar-refractivity contribution is 14.0. The number of nitrogens with zero attached hydrogens (tertiary/aromatic N) is 3. The summed E-state index contributed by atoms with van der Waals surface area (Å²) in [5.74, 6) is -4.40. The molecule has 3 rings (SSSR count). The summed E-state index contributed by atoms with van der Waals surface area (Å²) in [6, 6.07) is 5.84. The quantitative estimate of drug-likeness (QED) is 0.258. The van der Waals surface area contributed by atoms with Crippen molar-refractivity contribution in [3.8, 4) is 0 Å². The van der Waals surface area contributed by atoms with Gasteiger partial charge in [0.2, 0.25) is 5.91 Å². The molecule has 164 valence electrons. The minimum atomic E-state index is -1.62. The molecule has 11 heteroatoms. The van der Waals surface area contributed by atoms with Gasteiger partial charge in [0.05, 0.1) is 10.7 Å². The molecule has 1 aromatic heterocycles. The Balaban J connectivity index is 0.00000320. The van der Waals surface area contributed by atoms with E-state index in [1.54, 1.807) is 11.3 Å². The second-order valence-electron chi connectivity index (χ2n) is 6.37. The number of benzene rings is 1. The van der Waals surface area contributed by atoms with Crippen LogP contribution in [0.2, 0.25) is 0 Å². The molecule has 1 fully saturated rings. The topological polar surface area (TPSA) is 60.0 Å². The monoisotopic (exact) mass is 553 g/mol. The van der Waals surface area contributed by atoms with Gasteiger partial charge in [-0.2, -0.15) is 0 Å². The molecule has 1 saturated heterocycles. The summed E-state index contributed by atoms with van der Waals surface area (Å²) in [5.41, 5.74) is -0.418. The van der Waals surface area contributed by atoms with Crippen molar-refractivity contribution in [2.24, 2.45) is 4.99 Å². The average molecular weight is 553 g/mol. The van der Waals surface area contributed by atoms with Crippen molar-refractivity contribution in [2.75, 3.05) is 49.5 Å². The van der Waals surface area contributed by atoms with Crippen molar-refractivity contribution in [3.05, 3.63) is 47.1 Å². The van der Waals surface area contributed by atoms with E-state index in [0.717, 1.165) is 38.3 Å². The highest BCUT2D eigenvalue weighted by atomic mass is 127. The molecule has 6 nitrogen and oxygen atoms in total. The van der Waals surface area contributed by atoms with Gasteiger partial charge < -0.3 is 20.4 Å². The zero-order chi connectivity index (χ0) is 20.8. The third kappa shape index (κ3) is 6.00. The van der Waals surface area contributed by atoms with Crippen LogP contribution in [0.4, 0.5) is 23.9 Å². The Morgan fingerprint density at radius 3 is 2.50 bits per heavy atom. The Hall–Kier alpha value is -2.02. The van der Waals surface area contributed by atoms with Crippen LogP contribution >= 0.6 is 35.3 Å². The highest BCUT2D eigenvalue weighted by Crippen LogP contribution is 2.22. The zero-order valence-corrected chi connectivity index (χ0v) is 19.5. The number of hydrogen-bond donors (Lipinski definition) is 2. The zero-order valence-electron chi connectivity index (χ0n) is 16.3. The molecule has 0 aliphatic carbocycles. The molecule has 0 unspecified atom stereocenters. The number of thiophene rings is 1. The molecule has 2 heterocycles. The third-order valence-corrected chi connectivity index (χ3v) is 5.34. The second kappa shape index (κ2) is 11.4. The van der Waals surface area contributed by atoms with E-state index < -0.39 is 29.0 Å². The van der Waals surface area contributed by atoms with E-state index in [-0.39, 0.29) is 30.5 Å². The van der Waals surface area contributed by atoms with Crippen LogP contribution in [-0.4, -0.2) is 56.0 Å². The fraction of sp³-hybridized carbons (Fsp3) is 0.368. The Morgan fingerprint density at radius 2 is 1.87 bits per heavy atom. The van der Waals surface area contributed by atoms with Crippen molar-refractivity contribution < 1.29 is 18.0 Å². The number of carbonyl (C=O) groups is 1. The summed E-state index contributed by atoms with van der Waals surface area (Å²) in [7, 11) is 0. The van der Waals surface area contributed by atoms with Crippen LogP contribution in [-0.2, 0) is 4.79 Å². The smallest absolute Gasteiger partial charge is 0.246 e. The number of nitrogens with one attached hydrogen (secondary N) is 2. The highest BCUT2D eigenvalue weighted by Gasteiger charge is 2.21. The van der Waals surface area contributed by atoms with Crippen LogP contribution in [0.15, 0.2) is 34.6 Å². The van der Waals surface area contributed by atoms with Crippen molar-refractivity contribution >= 4 is 57.9 Å². The first kappa shape index (κ1) is 24.3. The number of rotatable bonds is 5. The average Bonchev–Trinajstić information content (AvgIpc) is 3.27. The molecule has 0 atom stereocenters. The summed E-state index contributed by atoms with van der Waals surface area (Å²) in [6.07, 6.45) is 0. The summed E-state index contributed by atoms with van der Waals surface area (Å²) < 4.78 is 40.0. The third-order valence-electron chi connectivity index (χ3n) is 4.41. The lowest BCUT2D eigenvalue weighted by Crippen LogP contribution is -2.52. The number of guanidine groups is 1. The van der Waals surface area contributed by atoms with Gasteiger partial charge in [-0.15, -0.1) is 35.3 Å². The van der Waals surface area contributed by atoms with E-state index in [9.17, 15) is 18.0 Å². The van der Waals surface area contributed by atoms with Crippen LogP contribution in [0.5, 0.6) is 0 Å². The molecule has 1 amide bonds. The van der Waals surface area contributed by atoms with Gasteiger partial charge in [0.25, 0.3) is 0 Å². The van der Waals surface area contributed by atoms with Crippen molar-refractivity contribution in [1.82, 2.24) is 10.2 Å². The molecular weight excluding hydrogens is 530 g/mol. The van der Waals surface area contributed by atoms with Gasteiger partial charge in [-0.25, -0.2) is 18.2 Å². The number of carbonyl (C=O) groups excluding carboxylic acids is 1. The summed E-state index contributed by atoms with van der Waals surface area (Å²) >= 11 is 1.70. The first-order valence-electron chi connectivity index (χ1n) is 9.24. The Kier molecular flexibility index (Phi) is 9.21. The van der Waals surface area contributed by atoms with Crippen molar-refractivity contribution in [3.63, 3.8) is 0 Å². The lowest BCUT2D eigenvalue weighted by atomic mass is 10.2. The molecule has 1 aliphatic rings. The number of anilines is 2. The van der Waals surface area contributed by atoms with Gasteiger partial charge in [0.1, 0.15) is 6.54 Å². The van der Waals surface area contributed by atoms with Crippen LogP contribution < -0.4 is 15.5 Å². The minimum Gasteiger partial charge on any atom is -0.360 e. The maximum Gasteiger partial charge on any atom is 0.246 e. The number of amides is 1. The van der Waals surface area contributed by atoms with E-state index in [0.29, 0.717) is 12.5 Å². The summed E-state index contributed by atoms with van der Waals surface area (Å²) in [4.78, 5) is 20.8. The predicted octanol–water partition coefficient (Wildman–Crippen LogP) is 3.51. The van der Waals surface area contributed by atoms with E-state index in [4.69, 9.17) is 0 Å². The molecule has 0 radical (unpaired) electrons. The van der Waals surface area contributed by atoms with E-state index in [1.807, 2.05) is 18.4 Å². The molecule has 30 heavy (non-hydrogen) atoms. The second-order valence-corrected chi connectivity index (χ2v) is 7.29. The van der Waals surface area contributed by atoms with Crippen molar-refractivity contribution in [1.29, 1.82) is 0 Å². The molecule has 1 aliphatic heterocycles. The normalized spacial score (nSPS) is 14.3. The SMILES string of the molecule is CCNC(=NCC(=O)Nc1ccc(F)c(F)c1F)N1CCN(c2cccs2)CC1.I. The number of aliphatic imine (C=N–C) groups is 1. The van der Waals surface area contributed by atoms with Gasteiger partial charge in [-0.3, -0.25) is 4.79 Å². The van der Waals surface area contributed by atoms with Crippen LogP contribution in [0.25, 0.3) is 0 Å². The molecule has 1 aromatic carbocycles. The molecule has 0 bridgehead atoms. The Morgan fingerprint density at radius 1 is 1.13 bits per heavy atom. The molecular formula is C19H23F3IN5OS. The van der Waals surface area contributed by atoms with E-state index in [2.05, 4.69) is 31.5 Å². The minimum absolute atomic E-state index is 0. The summed E-state index contributed by atoms with van der Waals surface area (Å²) in [6.45, 7) is 5.42. The first-order chi connectivity index (χ1) is 14.0.